The Kier molecular flexibility index (Phi) is 7.19. The summed E-state index contributed by atoms with van der Waals surface area (Å²) in [7, 11) is 0. The topological polar surface area (TPSA) is 85.0 Å². The number of anilines is 2. The van der Waals surface area contributed by atoms with E-state index in [4.69, 9.17) is 0 Å². The van der Waals surface area contributed by atoms with Gasteiger partial charge < -0.3 is 10.6 Å². The molecule has 11 heteroatoms. The quantitative estimate of drug-likeness (QED) is 0.635. The van der Waals surface area contributed by atoms with Crippen molar-refractivity contribution in [3.05, 3.63) is 36.4 Å². The van der Waals surface area contributed by atoms with Crippen LogP contribution in [0, 0.1) is 0 Å². The van der Waals surface area contributed by atoms with E-state index in [9.17, 15) is 27.6 Å². The minimum atomic E-state index is -4.55. The monoisotopic (exact) mass is 453 g/mol. The molecule has 1 aromatic carbocycles. The number of nitrogens with zero attached hydrogens (tertiary/aromatic N) is 3. The number of nitrogens with one attached hydrogen (secondary N) is 2. The maximum atomic E-state index is 13.2. The molecule has 2 aliphatic rings. The van der Waals surface area contributed by atoms with E-state index in [-0.39, 0.29) is 36.3 Å². The number of piperazine rings is 1. The lowest BCUT2D eigenvalue weighted by atomic mass is 10.1. The second kappa shape index (κ2) is 9.70. The van der Waals surface area contributed by atoms with Crippen LogP contribution in [0.1, 0.15) is 12.5 Å². The SMILES string of the molecule is C=CCNC(=O)CN1CCN(C(C)C(=O)N2CC(=O)Nc3cc(C(F)(F)F)ccc32)CC1. The third-order valence-electron chi connectivity index (χ3n) is 5.58. The van der Waals surface area contributed by atoms with Gasteiger partial charge in [-0.05, 0) is 25.1 Å². The van der Waals surface area contributed by atoms with Crippen LogP contribution in [0.5, 0.6) is 0 Å². The predicted octanol–water partition coefficient (Wildman–Crippen LogP) is 1.30. The summed E-state index contributed by atoms with van der Waals surface area (Å²) in [5.74, 6) is -1.01. The Labute approximate surface area is 184 Å². The van der Waals surface area contributed by atoms with Gasteiger partial charge in [-0.15, -0.1) is 6.58 Å². The molecule has 0 saturated carbocycles. The van der Waals surface area contributed by atoms with E-state index in [2.05, 4.69) is 17.2 Å². The van der Waals surface area contributed by atoms with E-state index in [0.29, 0.717) is 32.7 Å². The van der Waals surface area contributed by atoms with Gasteiger partial charge >= 0.3 is 6.18 Å². The van der Waals surface area contributed by atoms with Crippen LogP contribution in [0.25, 0.3) is 0 Å². The number of benzene rings is 1. The number of fused-ring (bicyclic) bond motifs is 1. The van der Waals surface area contributed by atoms with Crippen molar-refractivity contribution in [3.63, 3.8) is 0 Å². The van der Waals surface area contributed by atoms with Gasteiger partial charge in [-0.25, -0.2) is 0 Å². The summed E-state index contributed by atoms with van der Waals surface area (Å²) in [6, 6.07) is 2.38. The van der Waals surface area contributed by atoms with Crippen LogP contribution in [-0.2, 0) is 20.6 Å². The number of rotatable bonds is 6. The molecule has 2 heterocycles. The van der Waals surface area contributed by atoms with E-state index in [1.54, 1.807) is 13.0 Å². The largest absolute Gasteiger partial charge is 0.416 e. The lowest BCUT2D eigenvalue weighted by Crippen LogP contribution is -2.57. The number of alkyl halides is 3. The molecular weight excluding hydrogens is 427 g/mol. The molecule has 1 saturated heterocycles. The van der Waals surface area contributed by atoms with Crippen molar-refractivity contribution in [1.29, 1.82) is 0 Å². The summed E-state index contributed by atoms with van der Waals surface area (Å²) in [6.45, 7) is 7.93. The number of amides is 3. The molecule has 8 nitrogen and oxygen atoms in total. The first-order chi connectivity index (χ1) is 15.1. The van der Waals surface area contributed by atoms with Gasteiger partial charge in [-0.3, -0.25) is 29.1 Å². The Morgan fingerprint density at radius 3 is 2.56 bits per heavy atom. The van der Waals surface area contributed by atoms with E-state index in [0.717, 1.165) is 12.1 Å². The number of hydrogen-bond donors (Lipinski definition) is 2. The highest BCUT2D eigenvalue weighted by atomic mass is 19.4. The second-order valence-corrected chi connectivity index (χ2v) is 7.78. The van der Waals surface area contributed by atoms with Gasteiger partial charge in [0.05, 0.1) is 29.5 Å². The molecule has 3 rings (SSSR count). The lowest BCUT2D eigenvalue weighted by molar-refractivity contribution is -0.137. The highest BCUT2D eigenvalue weighted by Crippen LogP contribution is 2.37. The maximum Gasteiger partial charge on any atom is 0.416 e. The van der Waals surface area contributed by atoms with Crippen molar-refractivity contribution < 1.29 is 27.6 Å². The van der Waals surface area contributed by atoms with E-state index < -0.39 is 23.7 Å². The van der Waals surface area contributed by atoms with Crippen LogP contribution >= 0.6 is 0 Å². The van der Waals surface area contributed by atoms with Crippen molar-refractivity contribution >= 4 is 29.1 Å². The standard InChI is InChI=1S/C21H26F3N5O3/c1-3-6-25-18(30)12-27-7-9-28(10-8-27)14(2)20(32)29-13-19(31)26-16-11-15(21(22,23)24)4-5-17(16)29/h3-5,11,14H,1,6-10,12-13H2,2H3,(H,25,30)(H,26,31). The van der Waals surface area contributed by atoms with Crippen molar-refractivity contribution in [2.45, 2.75) is 19.1 Å². The average Bonchev–Trinajstić information content (AvgIpc) is 2.75. The highest BCUT2D eigenvalue weighted by Gasteiger charge is 2.36. The molecule has 0 spiro atoms. The fourth-order valence-corrected chi connectivity index (χ4v) is 3.80. The predicted molar refractivity (Wildman–Crippen MR) is 113 cm³/mol. The summed E-state index contributed by atoms with van der Waals surface area (Å²) < 4.78 is 39.1. The first-order valence-corrected chi connectivity index (χ1v) is 10.3. The molecule has 1 atom stereocenters. The van der Waals surface area contributed by atoms with Crippen LogP contribution in [0.3, 0.4) is 0 Å². The molecule has 0 radical (unpaired) electrons. The smallest absolute Gasteiger partial charge is 0.352 e. The Bertz CT molecular complexity index is 897. The Morgan fingerprint density at radius 2 is 1.94 bits per heavy atom. The van der Waals surface area contributed by atoms with Gasteiger partial charge in [0.2, 0.25) is 17.7 Å². The zero-order chi connectivity index (χ0) is 23.5. The first-order valence-electron chi connectivity index (χ1n) is 10.3. The van der Waals surface area contributed by atoms with Gasteiger partial charge in [0.25, 0.3) is 0 Å². The van der Waals surface area contributed by atoms with E-state index in [1.807, 2.05) is 9.80 Å². The molecule has 1 fully saturated rings. The normalized spacial score (nSPS) is 18.5. The molecule has 2 aliphatic heterocycles. The van der Waals surface area contributed by atoms with Gasteiger partial charge in [-0.1, -0.05) is 6.08 Å². The third-order valence-corrected chi connectivity index (χ3v) is 5.58. The van der Waals surface area contributed by atoms with E-state index in [1.165, 1.54) is 11.0 Å². The molecule has 3 amide bonds. The van der Waals surface area contributed by atoms with Crippen LogP contribution in [0.4, 0.5) is 24.5 Å². The summed E-state index contributed by atoms with van der Waals surface area (Å²) >= 11 is 0. The molecule has 2 N–H and O–H groups in total. The van der Waals surface area contributed by atoms with Crippen LogP contribution in [0.15, 0.2) is 30.9 Å². The van der Waals surface area contributed by atoms with Gasteiger partial charge in [0, 0.05) is 32.7 Å². The highest BCUT2D eigenvalue weighted by molar-refractivity contribution is 6.11. The number of halogens is 3. The van der Waals surface area contributed by atoms with Gasteiger partial charge in [0.15, 0.2) is 0 Å². The summed E-state index contributed by atoms with van der Waals surface area (Å²) in [5, 5.41) is 5.14. The van der Waals surface area contributed by atoms with E-state index >= 15 is 0 Å². The lowest BCUT2D eigenvalue weighted by Gasteiger charge is -2.39. The Hall–Kier alpha value is -2.92. The fourth-order valence-electron chi connectivity index (χ4n) is 3.80. The van der Waals surface area contributed by atoms with Crippen molar-refractivity contribution in [1.82, 2.24) is 15.1 Å². The Morgan fingerprint density at radius 1 is 1.25 bits per heavy atom. The minimum Gasteiger partial charge on any atom is -0.352 e. The second-order valence-electron chi connectivity index (χ2n) is 7.78. The maximum absolute atomic E-state index is 13.2. The number of carbonyl (C=O) groups is 3. The molecule has 0 bridgehead atoms. The van der Waals surface area contributed by atoms with Crippen LogP contribution in [-0.4, -0.2) is 79.4 Å². The molecule has 32 heavy (non-hydrogen) atoms. The zero-order valence-corrected chi connectivity index (χ0v) is 17.7. The van der Waals surface area contributed by atoms with Crippen molar-refractivity contribution in [2.75, 3.05) is 56.0 Å². The van der Waals surface area contributed by atoms with Crippen LogP contribution in [0.2, 0.25) is 0 Å². The van der Waals surface area contributed by atoms with Crippen molar-refractivity contribution in [2.24, 2.45) is 0 Å². The van der Waals surface area contributed by atoms with Crippen LogP contribution < -0.4 is 15.5 Å². The third kappa shape index (κ3) is 5.46. The summed E-state index contributed by atoms with van der Waals surface area (Å²) in [5.41, 5.74) is -0.689. The number of carbonyl (C=O) groups excluding carboxylic acids is 3. The molecule has 1 unspecified atom stereocenters. The molecule has 0 aromatic heterocycles. The Balaban J connectivity index is 1.65. The van der Waals surface area contributed by atoms with Gasteiger partial charge in [0.1, 0.15) is 6.54 Å². The average molecular weight is 453 g/mol. The molecule has 174 valence electrons. The minimum absolute atomic E-state index is 0.0352. The number of hydrogen-bond acceptors (Lipinski definition) is 5. The fraction of sp³-hybridized carbons (Fsp3) is 0.476. The van der Waals surface area contributed by atoms with Crippen molar-refractivity contribution in [3.8, 4) is 0 Å². The molecule has 0 aliphatic carbocycles. The summed E-state index contributed by atoms with van der Waals surface area (Å²) in [6.07, 6.45) is -2.95. The molecule has 1 aromatic rings. The summed E-state index contributed by atoms with van der Waals surface area (Å²) in [4.78, 5) is 42.2. The molecular formula is C21H26F3N5O3. The van der Waals surface area contributed by atoms with Gasteiger partial charge in [-0.2, -0.15) is 13.2 Å². The first kappa shape index (κ1) is 23.7. The zero-order valence-electron chi connectivity index (χ0n) is 17.7.